The fourth-order valence-corrected chi connectivity index (χ4v) is 3.63. The summed E-state index contributed by atoms with van der Waals surface area (Å²) in [6, 6.07) is 19.6. The van der Waals surface area contributed by atoms with Crippen molar-refractivity contribution >= 4 is 0 Å². The van der Waals surface area contributed by atoms with Crippen LogP contribution in [0.1, 0.15) is 37.3 Å². The summed E-state index contributed by atoms with van der Waals surface area (Å²) in [5.41, 5.74) is 2.00. The van der Waals surface area contributed by atoms with Gasteiger partial charge in [-0.2, -0.15) is 0 Å². The van der Waals surface area contributed by atoms with Crippen molar-refractivity contribution in [3.8, 4) is 0 Å². The van der Waals surface area contributed by atoms with Crippen LogP contribution in [0, 0.1) is 0 Å². The number of aliphatic hydroxyl groups excluding tert-OH is 2. The molecule has 0 saturated carbocycles. The van der Waals surface area contributed by atoms with E-state index in [1.54, 1.807) is 0 Å². The topological polar surface area (TPSA) is 77.4 Å². The third-order valence-corrected chi connectivity index (χ3v) is 5.40. The standard InChI is InChI=1S/C25H34O6/c1-2-3-10-15-28-25-24(30-18-20-13-8-5-9-14-20)23(22(27)21(16-26)31-25)29-17-19-11-6-4-7-12-19/h4-9,11-14,21-27H,2-3,10,15-18H2,1H3/t21-,22-,23+,24-,25+/m1/s1. The van der Waals surface area contributed by atoms with Crippen LogP contribution in [0.5, 0.6) is 0 Å². The second kappa shape index (κ2) is 12.9. The average molecular weight is 431 g/mol. The molecule has 0 spiro atoms. The van der Waals surface area contributed by atoms with Crippen LogP contribution < -0.4 is 0 Å². The largest absolute Gasteiger partial charge is 0.394 e. The van der Waals surface area contributed by atoms with E-state index in [-0.39, 0.29) is 6.61 Å². The normalized spacial score (nSPS) is 26.1. The van der Waals surface area contributed by atoms with Gasteiger partial charge in [0.1, 0.15) is 24.4 Å². The van der Waals surface area contributed by atoms with E-state index in [0.717, 1.165) is 30.4 Å². The van der Waals surface area contributed by atoms with E-state index in [1.807, 2.05) is 60.7 Å². The highest BCUT2D eigenvalue weighted by atomic mass is 16.7. The molecule has 31 heavy (non-hydrogen) atoms. The van der Waals surface area contributed by atoms with Crippen LogP contribution in [0.2, 0.25) is 0 Å². The van der Waals surface area contributed by atoms with E-state index < -0.39 is 30.7 Å². The summed E-state index contributed by atoms with van der Waals surface area (Å²) in [6.07, 6.45) is -0.857. The molecule has 0 aliphatic carbocycles. The van der Waals surface area contributed by atoms with E-state index >= 15 is 0 Å². The lowest BCUT2D eigenvalue weighted by atomic mass is 9.98. The average Bonchev–Trinajstić information content (AvgIpc) is 2.82. The van der Waals surface area contributed by atoms with Gasteiger partial charge in [-0.1, -0.05) is 80.4 Å². The molecule has 170 valence electrons. The van der Waals surface area contributed by atoms with Crippen molar-refractivity contribution in [3.05, 3.63) is 71.8 Å². The van der Waals surface area contributed by atoms with Crippen molar-refractivity contribution < 1.29 is 29.2 Å². The van der Waals surface area contributed by atoms with E-state index in [2.05, 4.69) is 6.92 Å². The van der Waals surface area contributed by atoms with E-state index in [0.29, 0.717) is 19.8 Å². The van der Waals surface area contributed by atoms with Gasteiger partial charge in [-0.25, -0.2) is 0 Å². The van der Waals surface area contributed by atoms with Crippen molar-refractivity contribution in [2.75, 3.05) is 13.2 Å². The molecule has 0 unspecified atom stereocenters. The molecule has 1 aliphatic rings. The fraction of sp³-hybridized carbons (Fsp3) is 0.520. The first-order chi connectivity index (χ1) is 15.2. The van der Waals surface area contributed by atoms with Crippen molar-refractivity contribution in [2.24, 2.45) is 0 Å². The Bertz CT molecular complexity index is 725. The third kappa shape index (κ3) is 7.10. The monoisotopic (exact) mass is 430 g/mol. The van der Waals surface area contributed by atoms with Gasteiger partial charge in [0.05, 0.1) is 19.8 Å². The number of aliphatic hydroxyl groups is 2. The summed E-state index contributed by atoms with van der Waals surface area (Å²) in [6.45, 7) is 2.98. The number of unbranched alkanes of at least 4 members (excludes halogenated alkanes) is 2. The lowest BCUT2D eigenvalue weighted by molar-refractivity contribution is -0.319. The summed E-state index contributed by atoms with van der Waals surface area (Å²) < 4.78 is 24.2. The van der Waals surface area contributed by atoms with Crippen LogP contribution in [0.25, 0.3) is 0 Å². The first-order valence-corrected chi connectivity index (χ1v) is 11.1. The van der Waals surface area contributed by atoms with Gasteiger partial charge in [0.2, 0.25) is 0 Å². The van der Waals surface area contributed by atoms with Crippen LogP contribution in [-0.4, -0.2) is 54.1 Å². The van der Waals surface area contributed by atoms with Crippen molar-refractivity contribution in [1.82, 2.24) is 0 Å². The number of rotatable bonds is 12. The first-order valence-electron chi connectivity index (χ1n) is 11.1. The van der Waals surface area contributed by atoms with Gasteiger partial charge >= 0.3 is 0 Å². The molecule has 2 aromatic rings. The van der Waals surface area contributed by atoms with Crippen LogP contribution >= 0.6 is 0 Å². The van der Waals surface area contributed by atoms with Gasteiger partial charge in [-0.15, -0.1) is 0 Å². The SMILES string of the molecule is CCCCCO[C@H]1O[C@H](CO)[C@@H](O)[C@H](OCc2ccccc2)[C@H]1OCc1ccccc1. The molecule has 6 heteroatoms. The van der Waals surface area contributed by atoms with Gasteiger partial charge in [-0.05, 0) is 17.5 Å². The number of benzene rings is 2. The molecular formula is C25H34O6. The quantitative estimate of drug-likeness (QED) is 0.503. The van der Waals surface area contributed by atoms with E-state index in [9.17, 15) is 10.2 Å². The number of hydrogen-bond acceptors (Lipinski definition) is 6. The summed E-state index contributed by atoms with van der Waals surface area (Å²) in [4.78, 5) is 0. The Kier molecular flexibility index (Phi) is 9.93. The molecular weight excluding hydrogens is 396 g/mol. The Labute approximate surface area is 184 Å². The molecule has 6 nitrogen and oxygen atoms in total. The maximum atomic E-state index is 10.9. The first kappa shape index (κ1) is 23.9. The second-order valence-corrected chi connectivity index (χ2v) is 7.82. The Morgan fingerprint density at radius 1 is 0.806 bits per heavy atom. The minimum atomic E-state index is -1.04. The fourth-order valence-electron chi connectivity index (χ4n) is 3.63. The zero-order valence-electron chi connectivity index (χ0n) is 18.1. The molecule has 0 radical (unpaired) electrons. The molecule has 0 bridgehead atoms. The molecule has 3 rings (SSSR count). The lowest BCUT2D eigenvalue weighted by Gasteiger charge is -2.43. The number of ether oxygens (including phenoxy) is 4. The predicted molar refractivity (Wildman–Crippen MR) is 117 cm³/mol. The van der Waals surface area contributed by atoms with E-state index in [4.69, 9.17) is 18.9 Å². The Balaban J connectivity index is 1.74. The predicted octanol–water partition coefficient (Wildman–Crippen LogP) is 3.44. The van der Waals surface area contributed by atoms with Gasteiger partial charge < -0.3 is 29.2 Å². The maximum absolute atomic E-state index is 10.9. The zero-order valence-corrected chi connectivity index (χ0v) is 18.1. The van der Waals surface area contributed by atoms with Crippen LogP contribution in [0.3, 0.4) is 0 Å². The van der Waals surface area contributed by atoms with Crippen molar-refractivity contribution in [3.63, 3.8) is 0 Å². The molecule has 5 atom stereocenters. The highest BCUT2D eigenvalue weighted by molar-refractivity contribution is 5.14. The second-order valence-electron chi connectivity index (χ2n) is 7.82. The lowest BCUT2D eigenvalue weighted by Crippen LogP contribution is -2.60. The van der Waals surface area contributed by atoms with Crippen molar-refractivity contribution in [2.45, 2.75) is 70.1 Å². The Morgan fingerprint density at radius 3 is 1.94 bits per heavy atom. The zero-order chi connectivity index (χ0) is 21.9. The van der Waals surface area contributed by atoms with Crippen LogP contribution in [-0.2, 0) is 32.2 Å². The minimum absolute atomic E-state index is 0.314. The highest BCUT2D eigenvalue weighted by Crippen LogP contribution is 2.28. The van der Waals surface area contributed by atoms with Crippen molar-refractivity contribution in [1.29, 1.82) is 0 Å². The molecule has 2 aromatic carbocycles. The molecule has 1 heterocycles. The van der Waals surface area contributed by atoms with E-state index in [1.165, 1.54) is 0 Å². The highest BCUT2D eigenvalue weighted by Gasteiger charge is 2.47. The van der Waals surface area contributed by atoms with Gasteiger partial charge in [0, 0.05) is 6.61 Å². The summed E-state index contributed by atoms with van der Waals surface area (Å²) in [5.74, 6) is 0. The van der Waals surface area contributed by atoms with Gasteiger partial charge in [0.15, 0.2) is 6.29 Å². The smallest absolute Gasteiger partial charge is 0.186 e. The van der Waals surface area contributed by atoms with Crippen LogP contribution in [0.4, 0.5) is 0 Å². The molecule has 1 fully saturated rings. The molecule has 1 aliphatic heterocycles. The minimum Gasteiger partial charge on any atom is -0.394 e. The molecule has 1 saturated heterocycles. The summed E-state index contributed by atoms with van der Waals surface area (Å²) >= 11 is 0. The van der Waals surface area contributed by atoms with Crippen LogP contribution in [0.15, 0.2) is 60.7 Å². The summed E-state index contributed by atoms with van der Waals surface area (Å²) in [7, 11) is 0. The molecule has 0 amide bonds. The molecule has 2 N–H and O–H groups in total. The maximum Gasteiger partial charge on any atom is 0.186 e. The summed E-state index contributed by atoms with van der Waals surface area (Å²) in [5, 5.41) is 20.6. The number of hydrogen-bond donors (Lipinski definition) is 2. The van der Waals surface area contributed by atoms with Gasteiger partial charge in [-0.3, -0.25) is 0 Å². The third-order valence-electron chi connectivity index (χ3n) is 5.40. The molecule has 0 aromatic heterocycles. The Hall–Kier alpha value is -1.80. The van der Waals surface area contributed by atoms with Gasteiger partial charge in [0.25, 0.3) is 0 Å². The Morgan fingerprint density at radius 2 is 1.39 bits per heavy atom.